The van der Waals surface area contributed by atoms with Crippen molar-refractivity contribution in [2.24, 2.45) is 5.92 Å². The Morgan fingerprint density at radius 3 is 2.47 bits per heavy atom. The largest absolute Gasteiger partial charge is 0.303 e. The summed E-state index contributed by atoms with van der Waals surface area (Å²) in [5.74, 6) is 0.904. The molecule has 0 aromatic carbocycles. The van der Waals surface area contributed by atoms with E-state index in [0.29, 0.717) is 6.04 Å². The van der Waals surface area contributed by atoms with Crippen LogP contribution in [-0.2, 0) is 0 Å². The van der Waals surface area contributed by atoms with Crippen LogP contribution in [0.1, 0.15) is 58.8 Å². The lowest BCUT2D eigenvalue weighted by Crippen LogP contribution is -2.45. The first-order chi connectivity index (χ1) is 9.17. The molecule has 1 N–H and O–H groups in total. The van der Waals surface area contributed by atoms with E-state index in [-0.39, 0.29) is 5.54 Å². The maximum Gasteiger partial charge on any atom is 0.106 e. The highest BCUT2D eigenvalue weighted by atomic mass is 15.1. The van der Waals surface area contributed by atoms with Crippen LogP contribution in [-0.4, -0.2) is 36.1 Å². The summed E-state index contributed by atoms with van der Waals surface area (Å²) in [6.07, 6.45) is 8.28. The molecule has 0 bridgehead atoms. The Morgan fingerprint density at radius 2 is 1.95 bits per heavy atom. The van der Waals surface area contributed by atoms with Gasteiger partial charge in [-0.05, 0) is 70.5 Å². The molecular formula is C16H29N3. The summed E-state index contributed by atoms with van der Waals surface area (Å²) in [4.78, 5) is 2.58. The van der Waals surface area contributed by atoms with Crippen LogP contribution in [0, 0.1) is 17.2 Å². The Hall–Kier alpha value is -0.590. The molecule has 0 radical (unpaired) electrons. The summed E-state index contributed by atoms with van der Waals surface area (Å²) in [6, 6.07) is 3.17. The lowest BCUT2D eigenvalue weighted by Gasteiger charge is -2.32. The lowest BCUT2D eigenvalue weighted by atomic mass is 9.91. The smallest absolute Gasteiger partial charge is 0.106 e. The van der Waals surface area contributed by atoms with Gasteiger partial charge >= 0.3 is 0 Å². The molecule has 1 saturated heterocycles. The number of piperidine rings is 1. The third kappa shape index (κ3) is 4.47. The van der Waals surface area contributed by atoms with E-state index in [1.165, 1.54) is 45.3 Å². The summed E-state index contributed by atoms with van der Waals surface area (Å²) in [5.41, 5.74) is -0.260. The zero-order valence-corrected chi connectivity index (χ0v) is 12.6. The van der Waals surface area contributed by atoms with Crippen molar-refractivity contribution in [1.82, 2.24) is 10.2 Å². The average molecular weight is 263 g/mol. The highest BCUT2D eigenvalue weighted by Gasteiger charge is 2.34. The van der Waals surface area contributed by atoms with Gasteiger partial charge in [0.25, 0.3) is 0 Å². The van der Waals surface area contributed by atoms with Crippen LogP contribution < -0.4 is 5.32 Å². The fourth-order valence-corrected chi connectivity index (χ4v) is 3.03. The average Bonchev–Trinajstić information content (AvgIpc) is 3.24. The molecule has 0 spiro atoms. The third-order valence-corrected chi connectivity index (χ3v) is 4.83. The molecule has 3 nitrogen and oxygen atoms in total. The Kier molecular flexibility index (Phi) is 5.24. The van der Waals surface area contributed by atoms with Crippen LogP contribution in [0.4, 0.5) is 0 Å². The summed E-state index contributed by atoms with van der Waals surface area (Å²) in [6.45, 7) is 8.17. The van der Waals surface area contributed by atoms with Crippen molar-refractivity contribution in [3.05, 3.63) is 0 Å². The monoisotopic (exact) mass is 263 g/mol. The quantitative estimate of drug-likeness (QED) is 0.767. The molecule has 1 atom stereocenters. The second kappa shape index (κ2) is 6.72. The van der Waals surface area contributed by atoms with Crippen molar-refractivity contribution in [2.75, 3.05) is 19.6 Å². The van der Waals surface area contributed by atoms with Crippen LogP contribution in [0.5, 0.6) is 0 Å². The molecule has 1 aliphatic heterocycles. The summed E-state index contributed by atoms with van der Waals surface area (Å²) < 4.78 is 0. The topological polar surface area (TPSA) is 39.1 Å². The molecule has 3 heteroatoms. The van der Waals surface area contributed by atoms with E-state index in [1.54, 1.807) is 0 Å². The van der Waals surface area contributed by atoms with E-state index in [2.05, 4.69) is 30.1 Å². The molecule has 1 saturated carbocycles. The van der Waals surface area contributed by atoms with E-state index in [9.17, 15) is 5.26 Å². The normalized spacial score (nSPS) is 24.9. The minimum Gasteiger partial charge on any atom is -0.303 e. The van der Waals surface area contributed by atoms with Crippen molar-refractivity contribution in [3.63, 3.8) is 0 Å². The Bertz CT molecular complexity index is 310. The van der Waals surface area contributed by atoms with Crippen molar-refractivity contribution in [2.45, 2.75) is 70.4 Å². The molecule has 0 amide bonds. The molecule has 2 fully saturated rings. The zero-order chi connectivity index (χ0) is 13.7. The number of likely N-dealkylation sites (tertiary alicyclic amines) is 1. The van der Waals surface area contributed by atoms with E-state index < -0.39 is 0 Å². The van der Waals surface area contributed by atoms with Crippen LogP contribution >= 0.6 is 0 Å². The van der Waals surface area contributed by atoms with Gasteiger partial charge in [0.05, 0.1) is 6.07 Å². The standard InChI is InChI=1S/C16H29N3/c1-3-16(13-17,18-15-5-6-15)9-4-10-19-11-7-14(2)8-12-19/h14-15,18H,3-12H2,1-2H3. The predicted octanol–water partition coefficient (Wildman–Crippen LogP) is 2.92. The van der Waals surface area contributed by atoms with Crippen LogP contribution in [0.15, 0.2) is 0 Å². The molecule has 2 aliphatic rings. The SMILES string of the molecule is CCC(C#N)(CCCN1CCC(C)CC1)NC1CC1. The molecule has 19 heavy (non-hydrogen) atoms. The van der Waals surface area contributed by atoms with Gasteiger partial charge in [0.2, 0.25) is 0 Å². The molecule has 1 heterocycles. The minimum atomic E-state index is -0.260. The highest BCUT2D eigenvalue weighted by Crippen LogP contribution is 2.27. The second-order valence-electron chi connectivity index (χ2n) is 6.59. The number of rotatable bonds is 7. The fraction of sp³-hybridized carbons (Fsp3) is 0.938. The van der Waals surface area contributed by atoms with Crippen molar-refractivity contribution < 1.29 is 0 Å². The summed E-state index contributed by atoms with van der Waals surface area (Å²) in [5, 5.41) is 13.1. The van der Waals surface area contributed by atoms with Gasteiger partial charge in [-0.15, -0.1) is 0 Å². The van der Waals surface area contributed by atoms with Gasteiger partial charge in [0.15, 0.2) is 0 Å². The van der Waals surface area contributed by atoms with E-state index in [4.69, 9.17) is 0 Å². The van der Waals surface area contributed by atoms with Crippen LogP contribution in [0.2, 0.25) is 0 Å². The Labute approximate surface area is 118 Å². The van der Waals surface area contributed by atoms with Crippen molar-refractivity contribution in [3.8, 4) is 6.07 Å². The summed E-state index contributed by atoms with van der Waals surface area (Å²) in [7, 11) is 0. The first kappa shape index (κ1) is 14.8. The molecule has 1 aliphatic carbocycles. The molecule has 1 unspecified atom stereocenters. The fourth-order valence-electron chi connectivity index (χ4n) is 3.03. The van der Waals surface area contributed by atoms with Crippen molar-refractivity contribution in [1.29, 1.82) is 5.26 Å². The Morgan fingerprint density at radius 1 is 1.26 bits per heavy atom. The van der Waals surface area contributed by atoms with Crippen LogP contribution in [0.3, 0.4) is 0 Å². The van der Waals surface area contributed by atoms with E-state index in [1.807, 2.05) is 0 Å². The predicted molar refractivity (Wildman–Crippen MR) is 78.9 cm³/mol. The second-order valence-corrected chi connectivity index (χ2v) is 6.59. The molecular weight excluding hydrogens is 234 g/mol. The maximum absolute atomic E-state index is 9.50. The van der Waals surface area contributed by atoms with Gasteiger partial charge in [-0.1, -0.05) is 13.8 Å². The lowest BCUT2D eigenvalue weighted by molar-refractivity contribution is 0.184. The number of nitrogens with one attached hydrogen (secondary N) is 1. The van der Waals surface area contributed by atoms with E-state index in [0.717, 1.165) is 25.2 Å². The number of nitrogens with zero attached hydrogens (tertiary/aromatic N) is 2. The van der Waals surface area contributed by atoms with Gasteiger partial charge in [-0.3, -0.25) is 5.32 Å². The number of hydrogen-bond acceptors (Lipinski definition) is 3. The van der Waals surface area contributed by atoms with Gasteiger partial charge in [0.1, 0.15) is 5.54 Å². The highest BCUT2D eigenvalue weighted by molar-refractivity contribution is 5.09. The first-order valence-electron chi connectivity index (χ1n) is 8.09. The third-order valence-electron chi connectivity index (χ3n) is 4.83. The molecule has 0 aromatic rings. The zero-order valence-electron chi connectivity index (χ0n) is 12.6. The first-order valence-corrected chi connectivity index (χ1v) is 8.09. The minimum absolute atomic E-state index is 0.260. The van der Waals surface area contributed by atoms with Gasteiger partial charge < -0.3 is 4.90 Å². The maximum atomic E-state index is 9.50. The van der Waals surface area contributed by atoms with E-state index >= 15 is 0 Å². The van der Waals surface area contributed by atoms with Gasteiger partial charge in [0, 0.05) is 6.04 Å². The van der Waals surface area contributed by atoms with Gasteiger partial charge in [-0.25, -0.2) is 0 Å². The summed E-state index contributed by atoms with van der Waals surface area (Å²) >= 11 is 0. The number of hydrogen-bond donors (Lipinski definition) is 1. The molecule has 0 aromatic heterocycles. The van der Waals surface area contributed by atoms with Crippen LogP contribution in [0.25, 0.3) is 0 Å². The molecule has 108 valence electrons. The number of nitriles is 1. The van der Waals surface area contributed by atoms with Crippen molar-refractivity contribution >= 4 is 0 Å². The Balaban J connectivity index is 1.71. The van der Waals surface area contributed by atoms with Gasteiger partial charge in [-0.2, -0.15) is 5.26 Å². The molecule has 2 rings (SSSR count).